The highest BCUT2D eigenvalue weighted by molar-refractivity contribution is 5.78. The van der Waals surface area contributed by atoms with Crippen LogP contribution in [-0.4, -0.2) is 22.7 Å². The second-order valence-electron chi connectivity index (χ2n) is 4.31. The van der Waals surface area contributed by atoms with E-state index in [1.807, 2.05) is 6.92 Å². The van der Waals surface area contributed by atoms with Crippen LogP contribution in [0.25, 0.3) is 10.9 Å². The first kappa shape index (κ1) is 12.7. The maximum Gasteiger partial charge on any atom is 0.189 e. The van der Waals surface area contributed by atoms with E-state index in [2.05, 4.69) is 10.3 Å². The molecule has 2 aromatic rings. The van der Waals surface area contributed by atoms with Crippen LogP contribution in [-0.2, 0) is 6.54 Å². The van der Waals surface area contributed by atoms with E-state index in [4.69, 9.17) is 5.11 Å². The van der Waals surface area contributed by atoms with Crippen LogP contribution in [0.5, 0.6) is 0 Å². The van der Waals surface area contributed by atoms with Crippen LogP contribution in [0.3, 0.4) is 0 Å². The third-order valence-electron chi connectivity index (χ3n) is 2.76. The second-order valence-corrected chi connectivity index (χ2v) is 4.31. The standard InChI is InChI=1S/C13H15FN2O2/c1-8(7-17)15-6-10-5-13(18)11-4-9(14)2-3-12(11)16-10/h2-5,8,15,17H,6-7H2,1H3,(H,16,18)/t8-/m0/s1. The third-order valence-corrected chi connectivity index (χ3v) is 2.76. The van der Waals surface area contributed by atoms with Crippen molar-refractivity contribution < 1.29 is 9.50 Å². The topological polar surface area (TPSA) is 65.1 Å². The highest BCUT2D eigenvalue weighted by Crippen LogP contribution is 2.10. The number of fused-ring (bicyclic) bond motifs is 1. The number of hydrogen-bond acceptors (Lipinski definition) is 3. The average Bonchev–Trinajstić information content (AvgIpc) is 2.37. The molecule has 4 nitrogen and oxygen atoms in total. The fourth-order valence-corrected chi connectivity index (χ4v) is 1.72. The first-order valence-electron chi connectivity index (χ1n) is 5.76. The number of nitrogens with one attached hydrogen (secondary N) is 2. The van der Waals surface area contributed by atoms with Crippen LogP contribution >= 0.6 is 0 Å². The number of aliphatic hydroxyl groups excluding tert-OH is 1. The minimum atomic E-state index is -0.423. The summed E-state index contributed by atoms with van der Waals surface area (Å²) in [5.74, 6) is -0.423. The number of halogens is 1. The van der Waals surface area contributed by atoms with Crippen LogP contribution in [0, 0.1) is 5.82 Å². The van der Waals surface area contributed by atoms with Crippen molar-refractivity contribution in [2.75, 3.05) is 6.61 Å². The Balaban J connectivity index is 2.32. The SMILES string of the molecule is C[C@@H](CO)NCc1cc(=O)c2cc(F)ccc2[nH]1. The largest absolute Gasteiger partial charge is 0.395 e. The Morgan fingerprint density at radius 3 is 2.94 bits per heavy atom. The molecule has 0 aliphatic carbocycles. The molecular weight excluding hydrogens is 235 g/mol. The van der Waals surface area contributed by atoms with E-state index < -0.39 is 5.82 Å². The van der Waals surface area contributed by atoms with Gasteiger partial charge >= 0.3 is 0 Å². The molecule has 0 radical (unpaired) electrons. The van der Waals surface area contributed by atoms with E-state index in [1.54, 1.807) is 6.07 Å². The average molecular weight is 250 g/mol. The molecule has 1 atom stereocenters. The summed E-state index contributed by atoms with van der Waals surface area (Å²) in [6.07, 6.45) is 0. The molecule has 0 unspecified atom stereocenters. The summed E-state index contributed by atoms with van der Waals surface area (Å²) in [7, 11) is 0. The number of hydrogen-bond donors (Lipinski definition) is 3. The van der Waals surface area contributed by atoms with E-state index in [0.29, 0.717) is 23.1 Å². The maximum atomic E-state index is 13.0. The first-order chi connectivity index (χ1) is 8.60. The summed E-state index contributed by atoms with van der Waals surface area (Å²) in [5, 5.41) is 12.3. The van der Waals surface area contributed by atoms with Gasteiger partial charge in [-0.2, -0.15) is 0 Å². The van der Waals surface area contributed by atoms with E-state index >= 15 is 0 Å². The van der Waals surface area contributed by atoms with E-state index in [9.17, 15) is 9.18 Å². The number of benzene rings is 1. The molecule has 96 valence electrons. The van der Waals surface area contributed by atoms with E-state index in [1.165, 1.54) is 18.2 Å². The maximum absolute atomic E-state index is 13.0. The number of rotatable bonds is 4. The highest BCUT2D eigenvalue weighted by Gasteiger charge is 2.05. The van der Waals surface area contributed by atoms with Gasteiger partial charge < -0.3 is 15.4 Å². The number of aliphatic hydroxyl groups is 1. The molecule has 5 heteroatoms. The Labute approximate surface area is 103 Å². The van der Waals surface area contributed by atoms with Gasteiger partial charge in [-0.15, -0.1) is 0 Å². The van der Waals surface area contributed by atoms with Crippen molar-refractivity contribution >= 4 is 10.9 Å². The van der Waals surface area contributed by atoms with Gasteiger partial charge in [-0.1, -0.05) is 0 Å². The van der Waals surface area contributed by atoms with Gasteiger partial charge in [0, 0.05) is 35.2 Å². The van der Waals surface area contributed by atoms with Crippen molar-refractivity contribution in [1.82, 2.24) is 10.3 Å². The molecule has 0 aliphatic heterocycles. The van der Waals surface area contributed by atoms with Gasteiger partial charge in [-0.25, -0.2) is 4.39 Å². The Morgan fingerprint density at radius 2 is 2.22 bits per heavy atom. The highest BCUT2D eigenvalue weighted by atomic mass is 19.1. The predicted octanol–water partition coefficient (Wildman–Crippen LogP) is 1.14. The van der Waals surface area contributed by atoms with Crippen LogP contribution in [0.2, 0.25) is 0 Å². The molecule has 2 rings (SSSR count). The Morgan fingerprint density at radius 1 is 1.44 bits per heavy atom. The summed E-state index contributed by atoms with van der Waals surface area (Å²) in [4.78, 5) is 14.9. The molecule has 0 saturated carbocycles. The molecule has 1 aromatic carbocycles. The molecule has 1 heterocycles. The summed E-state index contributed by atoms with van der Waals surface area (Å²) in [5.41, 5.74) is 1.11. The summed E-state index contributed by atoms with van der Waals surface area (Å²) >= 11 is 0. The lowest BCUT2D eigenvalue weighted by Crippen LogP contribution is -2.29. The fourth-order valence-electron chi connectivity index (χ4n) is 1.72. The van der Waals surface area contributed by atoms with E-state index in [-0.39, 0.29) is 18.1 Å². The molecule has 0 aliphatic rings. The number of pyridine rings is 1. The number of H-pyrrole nitrogens is 1. The molecule has 0 fully saturated rings. The molecule has 0 spiro atoms. The normalized spacial score (nSPS) is 12.8. The van der Waals surface area contributed by atoms with Crippen LogP contribution < -0.4 is 10.7 Å². The van der Waals surface area contributed by atoms with Crippen molar-refractivity contribution in [3.05, 3.63) is 46.0 Å². The molecule has 3 N–H and O–H groups in total. The van der Waals surface area contributed by atoms with Gasteiger partial charge in [0.1, 0.15) is 5.82 Å². The van der Waals surface area contributed by atoms with Crippen molar-refractivity contribution in [3.63, 3.8) is 0 Å². The summed E-state index contributed by atoms with van der Waals surface area (Å²) in [6.45, 7) is 2.32. The van der Waals surface area contributed by atoms with Crippen molar-refractivity contribution in [2.24, 2.45) is 0 Å². The Kier molecular flexibility index (Phi) is 3.74. The van der Waals surface area contributed by atoms with Crippen LogP contribution in [0.1, 0.15) is 12.6 Å². The van der Waals surface area contributed by atoms with Gasteiger partial charge in [-0.05, 0) is 25.1 Å². The van der Waals surface area contributed by atoms with Crippen molar-refractivity contribution in [1.29, 1.82) is 0 Å². The lowest BCUT2D eigenvalue weighted by molar-refractivity contribution is 0.250. The molecule has 1 aromatic heterocycles. The zero-order valence-corrected chi connectivity index (χ0v) is 10.0. The lowest BCUT2D eigenvalue weighted by atomic mass is 10.2. The molecule has 0 bridgehead atoms. The van der Waals surface area contributed by atoms with Gasteiger partial charge in [-0.3, -0.25) is 4.79 Å². The van der Waals surface area contributed by atoms with E-state index in [0.717, 1.165) is 0 Å². The van der Waals surface area contributed by atoms with Gasteiger partial charge in [0.25, 0.3) is 0 Å². The third kappa shape index (κ3) is 2.75. The minimum Gasteiger partial charge on any atom is -0.395 e. The molecule has 18 heavy (non-hydrogen) atoms. The monoisotopic (exact) mass is 250 g/mol. The quantitative estimate of drug-likeness (QED) is 0.762. The number of aromatic amines is 1. The van der Waals surface area contributed by atoms with Gasteiger partial charge in [0.2, 0.25) is 0 Å². The summed E-state index contributed by atoms with van der Waals surface area (Å²) < 4.78 is 13.0. The molecule has 0 amide bonds. The second kappa shape index (κ2) is 5.29. The predicted molar refractivity (Wildman–Crippen MR) is 67.9 cm³/mol. The van der Waals surface area contributed by atoms with Crippen molar-refractivity contribution in [3.8, 4) is 0 Å². The lowest BCUT2D eigenvalue weighted by Gasteiger charge is -2.11. The minimum absolute atomic E-state index is 0.0308. The smallest absolute Gasteiger partial charge is 0.189 e. The molecule has 0 saturated heterocycles. The number of aromatic nitrogens is 1. The zero-order chi connectivity index (χ0) is 13.1. The zero-order valence-electron chi connectivity index (χ0n) is 10.0. The van der Waals surface area contributed by atoms with Crippen LogP contribution in [0.4, 0.5) is 4.39 Å². The van der Waals surface area contributed by atoms with Crippen molar-refractivity contribution in [2.45, 2.75) is 19.5 Å². The molecular formula is C13H15FN2O2. The first-order valence-corrected chi connectivity index (χ1v) is 5.76. The Bertz CT molecular complexity index is 609. The van der Waals surface area contributed by atoms with Gasteiger partial charge in [0.05, 0.1) is 6.61 Å². The van der Waals surface area contributed by atoms with Crippen LogP contribution in [0.15, 0.2) is 29.1 Å². The fraction of sp³-hybridized carbons (Fsp3) is 0.308. The Hall–Kier alpha value is -1.72. The summed E-state index contributed by atoms with van der Waals surface area (Å²) in [6, 6.07) is 5.48. The van der Waals surface area contributed by atoms with Gasteiger partial charge in [0.15, 0.2) is 5.43 Å².